The largest absolute Gasteiger partial charge is 0.350 e. The van der Waals surface area contributed by atoms with E-state index in [1.54, 1.807) is 6.20 Å². The van der Waals surface area contributed by atoms with Crippen LogP contribution in [0.25, 0.3) is 11.1 Å². The second-order valence-corrected chi connectivity index (χ2v) is 6.57. The Balaban J connectivity index is 1.49. The summed E-state index contributed by atoms with van der Waals surface area (Å²) in [7, 11) is 0. The van der Waals surface area contributed by atoms with Gasteiger partial charge in [0.05, 0.1) is 0 Å². The second kappa shape index (κ2) is 8.95. The van der Waals surface area contributed by atoms with E-state index < -0.39 is 0 Å². The monoisotopic (exact) mass is 344 g/mol. The van der Waals surface area contributed by atoms with Crippen molar-refractivity contribution in [2.75, 3.05) is 0 Å². The van der Waals surface area contributed by atoms with Gasteiger partial charge in [0.15, 0.2) is 0 Å². The first-order valence-corrected chi connectivity index (χ1v) is 9.07. The molecule has 0 saturated carbocycles. The van der Waals surface area contributed by atoms with E-state index in [9.17, 15) is 4.79 Å². The molecule has 26 heavy (non-hydrogen) atoms. The van der Waals surface area contributed by atoms with Crippen molar-refractivity contribution in [2.24, 2.45) is 0 Å². The Morgan fingerprint density at radius 1 is 0.962 bits per heavy atom. The number of aryl methyl sites for hydroxylation is 1. The van der Waals surface area contributed by atoms with Gasteiger partial charge in [0.1, 0.15) is 0 Å². The highest BCUT2D eigenvalue weighted by molar-refractivity contribution is 5.94. The van der Waals surface area contributed by atoms with Crippen molar-refractivity contribution in [2.45, 2.75) is 32.2 Å². The van der Waals surface area contributed by atoms with Gasteiger partial charge in [-0.05, 0) is 61.1 Å². The number of nitrogens with zero attached hydrogens (tertiary/aromatic N) is 1. The molecule has 3 heteroatoms. The Kier molecular flexibility index (Phi) is 6.15. The van der Waals surface area contributed by atoms with Crippen molar-refractivity contribution in [1.82, 2.24) is 10.3 Å². The van der Waals surface area contributed by atoms with Gasteiger partial charge in [0, 0.05) is 24.0 Å². The van der Waals surface area contributed by atoms with Gasteiger partial charge in [-0.2, -0.15) is 0 Å². The molecular weight excluding hydrogens is 320 g/mol. The summed E-state index contributed by atoms with van der Waals surface area (Å²) in [5, 5.41) is 3.09. The summed E-state index contributed by atoms with van der Waals surface area (Å²) in [6.07, 6.45) is 6.65. The average molecular weight is 344 g/mol. The first-order chi connectivity index (χ1) is 12.7. The molecule has 3 nitrogen and oxygen atoms in total. The maximum Gasteiger partial charge on any atom is 0.251 e. The normalized spacial score (nSPS) is 11.7. The molecule has 2 aromatic carbocycles. The van der Waals surface area contributed by atoms with E-state index >= 15 is 0 Å². The van der Waals surface area contributed by atoms with E-state index in [1.807, 2.05) is 54.7 Å². The fourth-order valence-electron chi connectivity index (χ4n) is 2.98. The van der Waals surface area contributed by atoms with Crippen LogP contribution in [0.15, 0.2) is 79.1 Å². The summed E-state index contributed by atoms with van der Waals surface area (Å²) in [4.78, 5) is 16.5. The predicted octanol–water partition coefficient (Wildman–Crippen LogP) is 4.89. The molecule has 0 fully saturated rings. The van der Waals surface area contributed by atoms with Gasteiger partial charge in [0.25, 0.3) is 5.91 Å². The summed E-state index contributed by atoms with van der Waals surface area (Å²) in [6, 6.07) is 22.1. The third kappa shape index (κ3) is 5.03. The minimum absolute atomic E-state index is 0.0153. The van der Waals surface area contributed by atoms with Crippen LogP contribution in [-0.2, 0) is 6.42 Å². The maximum absolute atomic E-state index is 12.4. The molecule has 0 aliphatic carbocycles. The number of hydrogen-bond acceptors (Lipinski definition) is 2. The number of amides is 1. The highest BCUT2D eigenvalue weighted by Gasteiger charge is 2.10. The minimum atomic E-state index is -0.0153. The number of aromatic nitrogens is 1. The molecule has 1 unspecified atom stereocenters. The summed E-state index contributed by atoms with van der Waals surface area (Å²) in [6.45, 7) is 2.06. The van der Waals surface area contributed by atoms with Crippen molar-refractivity contribution in [3.8, 4) is 11.1 Å². The summed E-state index contributed by atoms with van der Waals surface area (Å²) >= 11 is 0. The van der Waals surface area contributed by atoms with E-state index in [0.717, 1.165) is 30.4 Å². The molecule has 0 saturated heterocycles. The van der Waals surface area contributed by atoms with Crippen LogP contribution in [0.4, 0.5) is 0 Å². The van der Waals surface area contributed by atoms with Crippen molar-refractivity contribution in [3.05, 3.63) is 90.3 Å². The molecule has 0 aliphatic heterocycles. The first kappa shape index (κ1) is 17.9. The quantitative estimate of drug-likeness (QED) is 0.663. The van der Waals surface area contributed by atoms with E-state index in [4.69, 9.17) is 0 Å². The average Bonchev–Trinajstić information content (AvgIpc) is 2.69. The second-order valence-electron chi connectivity index (χ2n) is 6.57. The molecule has 3 aromatic rings. The molecule has 1 aromatic heterocycles. The molecular formula is C23H24N2O. The standard InChI is InChI=1S/C23H24N2O/c1-18(7-5-8-19-9-6-16-24-17-19)25-23(26)22-14-12-21(13-15-22)20-10-3-2-4-11-20/h2-4,6,9-18H,5,7-8H2,1H3,(H,25,26). The molecule has 132 valence electrons. The van der Waals surface area contributed by atoms with Gasteiger partial charge in [-0.15, -0.1) is 0 Å². The van der Waals surface area contributed by atoms with E-state index in [-0.39, 0.29) is 11.9 Å². The van der Waals surface area contributed by atoms with Crippen LogP contribution in [-0.4, -0.2) is 16.9 Å². The van der Waals surface area contributed by atoms with Crippen molar-refractivity contribution < 1.29 is 4.79 Å². The van der Waals surface area contributed by atoms with Crippen LogP contribution in [0.5, 0.6) is 0 Å². The highest BCUT2D eigenvalue weighted by Crippen LogP contribution is 2.19. The summed E-state index contributed by atoms with van der Waals surface area (Å²) < 4.78 is 0. The molecule has 1 amide bonds. The first-order valence-electron chi connectivity index (χ1n) is 9.07. The lowest BCUT2D eigenvalue weighted by atomic mass is 10.0. The lowest BCUT2D eigenvalue weighted by Crippen LogP contribution is -2.32. The van der Waals surface area contributed by atoms with Crippen LogP contribution >= 0.6 is 0 Å². The lowest BCUT2D eigenvalue weighted by molar-refractivity contribution is 0.0938. The van der Waals surface area contributed by atoms with Crippen molar-refractivity contribution >= 4 is 5.91 Å². The fraction of sp³-hybridized carbons (Fsp3) is 0.217. The Morgan fingerprint density at radius 2 is 1.69 bits per heavy atom. The van der Waals surface area contributed by atoms with Crippen LogP contribution in [0.1, 0.15) is 35.7 Å². The summed E-state index contributed by atoms with van der Waals surface area (Å²) in [5.41, 5.74) is 4.21. The van der Waals surface area contributed by atoms with E-state index in [1.165, 1.54) is 5.56 Å². The zero-order chi connectivity index (χ0) is 18.2. The van der Waals surface area contributed by atoms with Gasteiger partial charge in [-0.1, -0.05) is 48.5 Å². The lowest BCUT2D eigenvalue weighted by Gasteiger charge is -2.14. The number of benzene rings is 2. The highest BCUT2D eigenvalue weighted by atomic mass is 16.1. The molecule has 1 atom stereocenters. The third-order valence-corrected chi connectivity index (χ3v) is 4.46. The summed E-state index contributed by atoms with van der Waals surface area (Å²) in [5.74, 6) is -0.0153. The molecule has 0 radical (unpaired) electrons. The van der Waals surface area contributed by atoms with E-state index in [0.29, 0.717) is 5.56 Å². The van der Waals surface area contributed by atoms with Crippen LogP contribution in [0.2, 0.25) is 0 Å². The Labute approximate surface area is 155 Å². The SMILES string of the molecule is CC(CCCc1cccnc1)NC(=O)c1ccc(-c2ccccc2)cc1. The van der Waals surface area contributed by atoms with Crippen LogP contribution in [0, 0.1) is 0 Å². The molecule has 0 aliphatic rings. The molecule has 1 N–H and O–H groups in total. The number of pyridine rings is 1. The number of carbonyl (C=O) groups excluding carboxylic acids is 1. The zero-order valence-electron chi connectivity index (χ0n) is 15.1. The molecule has 1 heterocycles. The number of hydrogen-bond donors (Lipinski definition) is 1. The molecule has 0 bridgehead atoms. The number of carbonyl (C=O) groups is 1. The molecule has 0 spiro atoms. The number of nitrogens with one attached hydrogen (secondary N) is 1. The maximum atomic E-state index is 12.4. The van der Waals surface area contributed by atoms with Crippen LogP contribution < -0.4 is 5.32 Å². The molecule has 3 rings (SSSR count). The van der Waals surface area contributed by atoms with Gasteiger partial charge in [0.2, 0.25) is 0 Å². The van der Waals surface area contributed by atoms with E-state index in [2.05, 4.69) is 35.4 Å². The topological polar surface area (TPSA) is 42.0 Å². The van der Waals surface area contributed by atoms with Gasteiger partial charge >= 0.3 is 0 Å². The van der Waals surface area contributed by atoms with Crippen LogP contribution in [0.3, 0.4) is 0 Å². The van der Waals surface area contributed by atoms with Gasteiger partial charge in [-0.25, -0.2) is 0 Å². The Bertz CT molecular complexity index is 814. The fourth-order valence-corrected chi connectivity index (χ4v) is 2.98. The Morgan fingerprint density at radius 3 is 2.38 bits per heavy atom. The van der Waals surface area contributed by atoms with Gasteiger partial charge in [-0.3, -0.25) is 9.78 Å². The smallest absolute Gasteiger partial charge is 0.251 e. The predicted molar refractivity (Wildman–Crippen MR) is 106 cm³/mol. The number of rotatable bonds is 7. The minimum Gasteiger partial charge on any atom is -0.350 e. The Hall–Kier alpha value is -2.94. The zero-order valence-corrected chi connectivity index (χ0v) is 15.1. The van der Waals surface area contributed by atoms with Gasteiger partial charge < -0.3 is 5.32 Å². The van der Waals surface area contributed by atoms with Crippen molar-refractivity contribution in [1.29, 1.82) is 0 Å². The third-order valence-electron chi connectivity index (χ3n) is 4.46. The van der Waals surface area contributed by atoms with Crippen molar-refractivity contribution in [3.63, 3.8) is 0 Å².